The number of ether oxygens (including phenoxy) is 1. The summed E-state index contributed by atoms with van der Waals surface area (Å²) in [5.41, 5.74) is 0. The summed E-state index contributed by atoms with van der Waals surface area (Å²) in [4.78, 5) is 29.2. The van der Waals surface area contributed by atoms with Crippen molar-refractivity contribution < 1.29 is 14.3 Å². The van der Waals surface area contributed by atoms with Gasteiger partial charge in [0, 0.05) is 25.9 Å². The molecule has 0 N–H and O–H groups in total. The molecule has 0 aromatic carbocycles. The maximum Gasteiger partial charge on any atom is 0.306 e. The predicted octanol–water partition coefficient (Wildman–Crippen LogP) is 6.88. The number of unbranched alkanes of at least 4 members (excludes halogenated alkanes) is 12. The summed E-state index contributed by atoms with van der Waals surface area (Å²) >= 11 is 0. The van der Waals surface area contributed by atoms with Gasteiger partial charge >= 0.3 is 5.97 Å². The molecule has 198 valence electrons. The van der Waals surface area contributed by atoms with E-state index in [4.69, 9.17) is 4.74 Å². The molecule has 2 saturated heterocycles. The molecule has 34 heavy (non-hydrogen) atoms. The second kappa shape index (κ2) is 19.1. The van der Waals surface area contributed by atoms with Crippen molar-refractivity contribution in [1.29, 1.82) is 0 Å². The van der Waals surface area contributed by atoms with Crippen molar-refractivity contribution in [1.82, 2.24) is 9.80 Å². The second-order valence-electron chi connectivity index (χ2n) is 10.8. The van der Waals surface area contributed by atoms with E-state index < -0.39 is 0 Å². The molecule has 0 spiro atoms. The summed E-state index contributed by atoms with van der Waals surface area (Å²) in [5, 5.41) is 0. The Kier molecular flexibility index (Phi) is 16.4. The van der Waals surface area contributed by atoms with Crippen molar-refractivity contribution in [2.75, 3.05) is 32.7 Å². The highest BCUT2D eigenvalue weighted by molar-refractivity contribution is 5.77. The molecule has 2 fully saturated rings. The SMILES string of the molecule is CCCCCCCCCCCCCCCC(=O)OC(CN1CCCCC1)CN1CCCCC1=O. The van der Waals surface area contributed by atoms with Gasteiger partial charge in [0.1, 0.15) is 6.10 Å². The minimum absolute atomic E-state index is 0.0745. The summed E-state index contributed by atoms with van der Waals surface area (Å²) in [5.74, 6) is 0.150. The van der Waals surface area contributed by atoms with Gasteiger partial charge in [-0.1, -0.05) is 90.4 Å². The van der Waals surface area contributed by atoms with Crippen molar-refractivity contribution in [2.45, 2.75) is 141 Å². The van der Waals surface area contributed by atoms with Crippen LogP contribution >= 0.6 is 0 Å². The quantitative estimate of drug-likeness (QED) is 0.150. The summed E-state index contributed by atoms with van der Waals surface area (Å²) in [6, 6.07) is 0. The lowest BCUT2D eigenvalue weighted by Crippen LogP contribution is -2.47. The molecule has 0 radical (unpaired) electrons. The van der Waals surface area contributed by atoms with Crippen LogP contribution in [0.1, 0.15) is 135 Å². The highest BCUT2D eigenvalue weighted by atomic mass is 16.5. The van der Waals surface area contributed by atoms with Crippen molar-refractivity contribution in [3.63, 3.8) is 0 Å². The zero-order valence-corrected chi connectivity index (χ0v) is 22.4. The van der Waals surface area contributed by atoms with Crippen molar-refractivity contribution in [3.05, 3.63) is 0 Å². The average molecular weight is 479 g/mol. The van der Waals surface area contributed by atoms with Crippen LogP contribution in [0.25, 0.3) is 0 Å². The van der Waals surface area contributed by atoms with E-state index >= 15 is 0 Å². The Morgan fingerprint density at radius 3 is 1.88 bits per heavy atom. The van der Waals surface area contributed by atoms with Gasteiger partial charge < -0.3 is 9.64 Å². The van der Waals surface area contributed by atoms with Crippen LogP contribution in [0.4, 0.5) is 0 Å². The number of rotatable bonds is 19. The van der Waals surface area contributed by atoms with Gasteiger partial charge in [-0.15, -0.1) is 0 Å². The fourth-order valence-electron chi connectivity index (χ4n) is 5.39. The first-order valence-electron chi connectivity index (χ1n) is 14.9. The van der Waals surface area contributed by atoms with Crippen LogP contribution in [0.3, 0.4) is 0 Å². The number of amides is 1. The summed E-state index contributed by atoms with van der Waals surface area (Å²) in [6.45, 7) is 6.59. The number of esters is 1. The number of nitrogens with zero attached hydrogens (tertiary/aromatic N) is 2. The van der Waals surface area contributed by atoms with Crippen molar-refractivity contribution in [2.24, 2.45) is 0 Å². The first kappa shape index (κ1) is 29.1. The number of hydrogen-bond acceptors (Lipinski definition) is 4. The fourth-order valence-corrected chi connectivity index (χ4v) is 5.39. The number of likely N-dealkylation sites (tertiary alicyclic amines) is 2. The third kappa shape index (κ3) is 13.7. The normalized spacial score (nSPS) is 18.3. The number of piperidine rings is 2. The molecule has 5 nitrogen and oxygen atoms in total. The maximum absolute atomic E-state index is 12.6. The molecule has 0 aromatic heterocycles. The Hall–Kier alpha value is -1.10. The third-order valence-corrected chi connectivity index (χ3v) is 7.54. The Labute approximate surface area is 210 Å². The number of carbonyl (C=O) groups is 2. The van der Waals surface area contributed by atoms with Crippen LogP contribution in [-0.2, 0) is 14.3 Å². The van der Waals surface area contributed by atoms with E-state index in [1.807, 2.05) is 4.90 Å². The molecule has 0 aromatic rings. The van der Waals surface area contributed by atoms with Gasteiger partial charge in [0.25, 0.3) is 0 Å². The maximum atomic E-state index is 12.6. The van der Waals surface area contributed by atoms with Crippen LogP contribution in [-0.4, -0.2) is 60.5 Å². The van der Waals surface area contributed by atoms with Gasteiger partial charge in [-0.3, -0.25) is 14.5 Å². The smallest absolute Gasteiger partial charge is 0.306 e. The summed E-state index contributed by atoms with van der Waals surface area (Å²) < 4.78 is 5.94. The van der Waals surface area contributed by atoms with Gasteiger partial charge in [0.2, 0.25) is 5.91 Å². The molecule has 1 amide bonds. The topological polar surface area (TPSA) is 49.9 Å². The van der Waals surface area contributed by atoms with Gasteiger partial charge in [0.05, 0.1) is 6.54 Å². The largest absolute Gasteiger partial charge is 0.459 e. The van der Waals surface area contributed by atoms with E-state index in [0.717, 1.165) is 51.9 Å². The predicted molar refractivity (Wildman–Crippen MR) is 141 cm³/mol. The monoisotopic (exact) mass is 478 g/mol. The first-order valence-corrected chi connectivity index (χ1v) is 14.9. The van der Waals surface area contributed by atoms with Gasteiger partial charge in [0.15, 0.2) is 0 Å². The molecule has 2 aliphatic rings. The molecular formula is C29H54N2O3. The Morgan fingerprint density at radius 1 is 0.735 bits per heavy atom. The Morgan fingerprint density at radius 2 is 1.29 bits per heavy atom. The lowest BCUT2D eigenvalue weighted by Gasteiger charge is -2.34. The number of carbonyl (C=O) groups excluding carboxylic acids is 2. The Balaban J connectivity index is 1.55. The summed E-state index contributed by atoms with van der Waals surface area (Å²) in [6.07, 6.45) is 23.8. The minimum atomic E-state index is -0.186. The second-order valence-corrected chi connectivity index (χ2v) is 10.8. The first-order chi connectivity index (χ1) is 16.7. The Bertz CT molecular complexity index is 533. The highest BCUT2D eigenvalue weighted by Gasteiger charge is 2.26. The molecule has 5 heteroatoms. The fraction of sp³-hybridized carbons (Fsp3) is 0.931. The van der Waals surface area contributed by atoms with Crippen LogP contribution in [0.2, 0.25) is 0 Å². The highest BCUT2D eigenvalue weighted by Crippen LogP contribution is 2.16. The lowest BCUT2D eigenvalue weighted by atomic mass is 10.0. The van der Waals surface area contributed by atoms with E-state index in [1.54, 1.807) is 0 Å². The van der Waals surface area contributed by atoms with E-state index in [9.17, 15) is 9.59 Å². The van der Waals surface area contributed by atoms with Gasteiger partial charge in [-0.05, 0) is 45.2 Å². The molecule has 0 aliphatic carbocycles. The van der Waals surface area contributed by atoms with Crippen molar-refractivity contribution >= 4 is 11.9 Å². The average Bonchev–Trinajstić information content (AvgIpc) is 2.84. The number of hydrogen-bond donors (Lipinski definition) is 0. The molecular weight excluding hydrogens is 424 g/mol. The molecule has 1 atom stereocenters. The van der Waals surface area contributed by atoms with Crippen LogP contribution in [0.5, 0.6) is 0 Å². The lowest BCUT2D eigenvalue weighted by molar-refractivity contribution is -0.154. The molecule has 0 saturated carbocycles. The zero-order chi connectivity index (χ0) is 24.3. The van der Waals surface area contributed by atoms with E-state index in [-0.39, 0.29) is 18.0 Å². The van der Waals surface area contributed by atoms with E-state index in [2.05, 4.69) is 11.8 Å². The van der Waals surface area contributed by atoms with Crippen LogP contribution < -0.4 is 0 Å². The van der Waals surface area contributed by atoms with Crippen molar-refractivity contribution in [3.8, 4) is 0 Å². The summed E-state index contributed by atoms with van der Waals surface area (Å²) in [7, 11) is 0. The van der Waals surface area contributed by atoms with Gasteiger partial charge in [-0.25, -0.2) is 0 Å². The standard InChI is InChI=1S/C29H54N2O3/c1-2-3-4-5-6-7-8-9-10-11-12-13-15-21-29(33)34-27(25-30-22-17-14-18-23-30)26-31-24-19-16-20-28(31)32/h27H,2-26H2,1H3. The van der Waals surface area contributed by atoms with Crippen LogP contribution in [0.15, 0.2) is 0 Å². The molecule has 0 bridgehead atoms. The van der Waals surface area contributed by atoms with E-state index in [0.29, 0.717) is 19.4 Å². The minimum Gasteiger partial charge on any atom is -0.459 e. The van der Waals surface area contributed by atoms with Gasteiger partial charge in [-0.2, -0.15) is 0 Å². The molecule has 2 heterocycles. The van der Waals surface area contributed by atoms with E-state index in [1.165, 1.54) is 89.9 Å². The molecule has 2 rings (SSSR count). The van der Waals surface area contributed by atoms with Crippen LogP contribution in [0, 0.1) is 0 Å². The zero-order valence-electron chi connectivity index (χ0n) is 22.4. The third-order valence-electron chi connectivity index (χ3n) is 7.54. The molecule has 2 aliphatic heterocycles. The molecule has 1 unspecified atom stereocenters.